The molecular weight excluding hydrogens is 308 g/mol. The van der Waals surface area contributed by atoms with Gasteiger partial charge < -0.3 is 11.1 Å². The van der Waals surface area contributed by atoms with Crippen molar-refractivity contribution in [3.05, 3.63) is 46.3 Å². The van der Waals surface area contributed by atoms with Crippen molar-refractivity contribution in [2.24, 2.45) is 0 Å². The Morgan fingerprint density at radius 1 is 1.37 bits per heavy atom. The highest BCUT2D eigenvalue weighted by atomic mass is 79.9. The van der Waals surface area contributed by atoms with Crippen molar-refractivity contribution in [1.29, 1.82) is 0 Å². The summed E-state index contributed by atoms with van der Waals surface area (Å²) in [4.78, 5) is 20.1. The van der Waals surface area contributed by atoms with Crippen molar-refractivity contribution in [2.45, 2.75) is 13.3 Å². The molecule has 0 unspecified atom stereocenters. The second-order valence-corrected chi connectivity index (χ2v) is 5.04. The zero-order chi connectivity index (χ0) is 13.8. The lowest BCUT2D eigenvalue weighted by molar-refractivity contribution is -0.115. The normalized spacial score (nSPS) is 10.2. The average Bonchev–Trinajstić information content (AvgIpc) is 2.36. The Bertz CT molecular complexity index is 598. The van der Waals surface area contributed by atoms with Gasteiger partial charge in [0.2, 0.25) is 5.91 Å². The fourth-order valence-corrected chi connectivity index (χ4v) is 2.00. The molecule has 98 valence electrons. The number of aromatic nitrogens is 2. The number of carbonyl (C=O) groups is 1. The van der Waals surface area contributed by atoms with Crippen molar-refractivity contribution in [1.82, 2.24) is 9.97 Å². The standard InChI is InChI=1S/C13H13BrN4O/c1-8-4-9(14)6-17-13(8)18-12(19)5-11-3-2-10(15)7-16-11/h2-4,6-7H,5,15H2,1H3,(H,17,18,19). The van der Waals surface area contributed by atoms with Crippen molar-refractivity contribution < 1.29 is 4.79 Å². The molecule has 19 heavy (non-hydrogen) atoms. The van der Waals surface area contributed by atoms with E-state index in [-0.39, 0.29) is 12.3 Å². The third-order valence-electron chi connectivity index (χ3n) is 2.49. The lowest BCUT2D eigenvalue weighted by Gasteiger charge is -2.07. The highest BCUT2D eigenvalue weighted by molar-refractivity contribution is 9.10. The third kappa shape index (κ3) is 3.75. The number of nitrogens with zero attached hydrogens (tertiary/aromatic N) is 2. The maximum absolute atomic E-state index is 11.9. The van der Waals surface area contributed by atoms with Crippen LogP contribution in [0.1, 0.15) is 11.3 Å². The van der Waals surface area contributed by atoms with E-state index in [0.717, 1.165) is 10.0 Å². The molecule has 0 saturated carbocycles. The highest BCUT2D eigenvalue weighted by Gasteiger charge is 2.08. The number of hydrogen-bond acceptors (Lipinski definition) is 4. The molecule has 0 aliphatic carbocycles. The van der Waals surface area contributed by atoms with E-state index in [1.807, 2.05) is 13.0 Å². The van der Waals surface area contributed by atoms with Crippen LogP contribution in [0, 0.1) is 6.92 Å². The Kier molecular flexibility index (Phi) is 4.11. The number of pyridine rings is 2. The van der Waals surface area contributed by atoms with Gasteiger partial charge in [0.05, 0.1) is 18.3 Å². The monoisotopic (exact) mass is 320 g/mol. The molecule has 5 nitrogen and oxygen atoms in total. The fourth-order valence-electron chi connectivity index (χ4n) is 1.55. The first-order valence-electron chi connectivity index (χ1n) is 5.67. The molecule has 2 heterocycles. The van der Waals surface area contributed by atoms with Gasteiger partial charge in [-0.1, -0.05) is 0 Å². The van der Waals surface area contributed by atoms with Crippen LogP contribution in [0.3, 0.4) is 0 Å². The van der Waals surface area contributed by atoms with Crippen LogP contribution in [0.2, 0.25) is 0 Å². The smallest absolute Gasteiger partial charge is 0.231 e. The summed E-state index contributed by atoms with van der Waals surface area (Å²) in [6.45, 7) is 1.88. The summed E-state index contributed by atoms with van der Waals surface area (Å²) in [5, 5.41) is 2.76. The van der Waals surface area contributed by atoms with Crippen LogP contribution in [0.4, 0.5) is 11.5 Å². The molecule has 0 aliphatic rings. The molecule has 3 N–H and O–H groups in total. The third-order valence-corrected chi connectivity index (χ3v) is 2.93. The number of hydrogen-bond donors (Lipinski definition) is 2. The molecule has 2 aromatic rings. The Morgan fingerprint density at radius 2 is 2.16 bits per heavy atom. The molecule has 2 rings (SSSR count). The number of nitrogens with one attached hydrogen (secondary N) is 1. The first-order chi connectivity index (χ1) is 9.04. The Labute approximate surface area is 119 Å². The predicted molar refractivity (Wildman–Crippen MR) is 77.7 cm³/mol. The van der Waals surface area contributed by atoms with E-state index in [4.69, 9.17) is 5.73 Å². The van der Waals surface area contributed by atoms with E-state index >= 15 is 0 Å². The summed E-state index contributed by atoms with van der Waals surface area (Å²) in [5.41, 5.74) is 7.68. The van der Waals surface area contributed by atoms with Gasteiger partial charge in [0, 0.05) is 16.4 Å². The van der Waals surface area contributed by atoms with E-state index in [1.165, 1.54) is 6.20 Å². The number of anilines is 2. The van der Waals surface area contributed by atoms with Crippen LogP contribution < -0.4 is 11.1 Å². The van der Waals surface area contributed by atoms with Gasteiger partial charge in [-0.3, -0.25) is 9.78 Å². The summed E-state index contributed by atoms with van der Waals surface area (Å²) in [7, 11) is 0. The zero-order valence-electron chi connectivity index (χ0n) is 10.4. The average molecular weight is 321 g/mol. The molecular formula is C13H13BrN4O. The van der Waals surface area contributed by atoms with Crippen molar-refractivity contribution in [2.75, 3.05) is 11.1 Å². The van der Waals surface area contributed by atoms with Crippen molar-refractivity contribution >= 4 is 33.3 Å². The molecule has 0 aliphatic heterocycles. The summed E-state index contributed by atoms with van der Waals surface area (Å²) >= 11 is 3.33. The topological polar surface area (TPSA) is 80.9 Å². The number of nitrogen functional groups attached to an aromatic ring is 1. The number of aryl methyl sites for hydroxylation is 1. The van der Waals surface area contributed by atoms with Gasteiger partial charge in [-0.05, 0) is 46.6 Å². The number of rotatable bonds is 3. The molecule has 6 heteroatoms. The summed E-state index contributed by atoms with van der Waals surface area (Å²) < 4.78 is 0.878. The summed E-state index contributed by atoms with van der Waals surface area (Å²) in [6, 6.07) is 5.35. The van der Waals surface area contributed by atoms with Gasteiger partial charge in [0.1, 0.15) is 5.82 Å². The predicted octanol–water partition coefficient (Wildman–Crippen LogP) is 2.31. The molecule has 0 spiro atoms. The van der Waals surface area contributed by atoms with E-state index in [0.29, 0.717) is 17.2 Å². The second-order valence-electron chi connectivity index (χ2n) is 4.13. The Morgan fingerprint density at radius 3 is 2.79 bits per heavy atom. The van der Waals surface area contributed by atoms with Crippen molar-refractivity contribution in [3.63, 3.8) is 0 Å². The molecule has 0 fully saturated rings. The van der Waals surface area contributed by atoms with E-state index in [1.54, 1.807) is 18.3 Å². The molecule has 0 bridgehead atoms. The second kappa shape index (κ2) is 5.79. The molecule has 0 aromatic carbocycles. The first-order valence-corrected chi connectivity index (χ1v) is 6.46. The van der Waals surface area contributed by atoms with Crippen LogP contribution in [-0.2, 0) is 11.2 Å². The quantitative estimate of drug-likeness (QED) is 0.909. The molecule has 2 aromatic heterocycles. The zero-order valence-corrected chi connectivity index (χ0v) is 11.9. The minimum Gasteiger partial charge on any atom is -0.397 e. The first kappa shape index (κ1) is 13.5. The van der Waals surface area contributed by atoms with E-state index in [9.17, 15) is 4.79 Å². The van der Waals surface area contributed by atoms with Gasteiger partial charge in [0.15, 0.2) is 0 Å². The maximum atomic E-state index is 11.9. The summed E-state index contributed by atoms with van der Waals surface area (Å²) in [5.74, 6) is 0.402. The number of halogens is 1. The van der Waals surface area contributed by atoms with Gasteiger partial charge in [0.25, 0.3) is 0 Å². The largest absolute Gasteiger partial charge is 0.397 e. The van der Waals surface area contributed by atoms with Gasteiger partial charge in [-0.15, -0.1) is 0 Å². The van der Waals surface area contributed by atoms with Gasteiger partial charge in [-0.2, -0.15) is 0 Å². The SMILES string of the molecule is Cc1cc(Br)cnc1NC(=O)Cc1ccc(N)cn1. The Hall–Kier alpha value is -1.95. The molecule has 0 atom stereocenters. The molecule has 0 radical (unpaired) electrons. The number of amides is 1. The van der Waals surface area contributed by atoms with Crippen molar-refractivity contribution in [3.8, 4) is 0 Å². The maximum Gasteiger partial charge on any atom is 0.231 e. The minimum absolute atomic E-state index is 0.157. The van der Waals surface area contributed by atoms with E-state index < -0.39 is 0 Å². The van der Waals surface area contributed by atoms with Gasteiger partial charge in [-0.25, -0.2) is 4.98 Å². The lowest BCUT2D eigenvalue weighted by Crippen LogP contribution is -2.16. The molecule has 1 amide bonds. The summed E-state index contributed by atoms with van der Waals surface area (Å²) in [6.07, 6.45) is 3.37. The highest BCUT2D eigenvalue weighted by Crippen LogP contribution is 2.16. The van der Waals surface area contributed by atoms with Crippen LogP contribution in [0.15, 0.2) is 35.1 Å². The molecule has 0 saturated heterocycles. The van der Waals surface area contributed by atoms with E-state index in [2.05, 4.69) is 31.2 Å². The van der Waals surface area contributed by atoms with Crippen LogP contribution in [0.5, 0.6) is 0 Å². The van der Waals surface area contributed by atoms with Gasteiger partial charge >= 0.3 is 0 Å². The number of nitrogens with two attached hydrogens (primary N) is 1. The van der Waals surface area contributed by atoms with Crippen LogP contribution in [0.25, 0.3) is 0 Å². The lowest BCUT2D eigenvalue weighted by atomic mass is 10.2. The van der Waals surface area contributed by atoms with Crippen LogP contribution in [-0.4, -0.2) is 15.9 Å². The van der Waals surface area contributed by atoms with Crippen LogP contribution >= 0.6 is 15.9 Å². The minimum atomic E-state index is -0.157. The fraction of sp³-hybridized carbons (Fsp3) is 0.154. The number of carbonyl (C=O) groups excluding carboxylic acids is 1. The Balaban J connectivity index is 2.03.